The number of nitrogens with one attached hydrogen (secondary N) is 1. The van der Waals surface area contributed by atoms with Crippen LogP contribution in [0.4, 0.5) is 0 Å². The first-order valence-corrected chi connectivity index (χ1v) is 5.46. The molecule has 0 rings (SSSR count). The fourth-order valence-electron chi connectivity index (χ4n) is 0.637. The van der Waals surface area contributed by atoms with Gasteiger partial charge in [0.2, 0.25) is 5.91 Å². The molecule has 78 valence electrons. The van der Waals surface area contributed by atoms with Crippen LogP contribution in [0.15, 0.2) is 0 Å². The molecule has 0 aliphatic heterocycles. The van der Waals surface area contributed by atoms with Crippen LogP contribution in [0.25, 0.3) is 0 Å². The molecule has 0 bridgehead atoms. The number of ether oxygens (including phenoxy) is 1. The van der Waals surface area contributed by atoms with Gasteiger partial charge in [-0.1, -0.05) is 15.9 Å². The zero-order valence-corrected chi connectivity index (χ0v) is 10.3. The molecule has 1 amide bonds. The molecule has 0 heterocycles. The Balaban J connectivity index is 3.64. The number of amides is 1. The number of carbonyl (C=O) groups is 1. The van der Waals surface area contributed by atoms with E-state index in [1.807, 2.05) is 27.7 Å². The van der Waals surface area contributed by atoms with Crippen molar-refractivity contribution < 1.29 is 9.53 Å². The largest absolute Gasteiger partial charge is 0.366 e. The molecule has 0 radical (unpaired) electrons. The molecule has 0 aliphatic rings. The Hall–Kier alpha value is -0.0900. The Bertz CT molecular complexity index is 165. The van der Waals surface area contributed by atoms with Gasteiger partial charge in [0.05, 0.1) is 5.60 Å². The monoisotopic (exact) mass is 251 g/mol. The van der Waals surface area contributed by atoms with Gasteiger partial charge in [-0.25, -0.2) is 0 Å². The van der Waals surface area contributed by atoms with E-state index in [9.17, 15) is 4.79 Å². The average Bonchev–Trinajstić information content (AvgIpc) is 1.99. The topological polar surface area (TPSA) is 38.3 Å². The lowest BCUT2D eigenvalue weighted by Crippen LogP contribution is -2.38. The highest BCUT2D eigenvalue weighted by Crippen LogP contribution is 2.05. The summed E-state index contributed by atoms with van der Waals surface area (Å²) in [5.41, 5.74) is -0.255. The average molecular weight is 252 g/mol. The Morgan fingerprint density at radius 3 is 2.46 bits per heavy atom. The van der Waals surface area contributed by atoms with Crippen molar-refractivity contribution in [1.82, 2.24) is 5.32 Å². The Kier molecular flexibility index (Phi) is 5.56. The number of hydrogen-bond acceptors (Lipinski definition) is 2. The third kappa shape index (κ3) is 8.25. The fraction of sp³-hybridized carbons (Fsp3) is 0.889. The molecule has 0 aromatic carbocycles. The quantitative estimate of drug-likeness (QED) is 0.773. The van der Waals surface area contributed by atoms with Crippen LogP contribution in [0.2, 0.25) is 0 Å². The first-order chi connectivity index (χ1) is 5.85. The Morgan fingerprint density at radius 2 is 2.08 bits per heavy atom. The number of rotatable bonds is 4. The molecule has 0 spiro atoms. The van der Waals surface area contributed by atoms with Gasteiger partial charge in [0.1, 0.15) is 6.61 Å². The molecule has 13 heavy (non-hydrogen) atoms. The van der Waals surface area contributed by atoms with Crippen LogP contribution in [0, 0.1) is 0 Å². The molecule has 3 nitrogen and oxygen atoms in total. The van der Waals surface area contributed by atoms with Crippen LogP contribution < -0.4 is 5.32 Å². The first-order valence-electron chi connectivity index (χ1n) is 4.34. The Labute approximate surface area is 88.4 Å². The van der Waals surface area contributed by atoms with E-state index < -0.39 is 0 Å². The maximum absolute atomic E-state index is 11.2. The van der Waals surface area contributed by atoms with E-state index in [1.54, 1.807) is 0 Å². The van der Waals surface area contributed by atoms with Crippen LogP contribution in [0.5, 0.6) is 0 Å². The van der Waals surface area contributed by atoms with Crippen LogP contribution in [0.3, 0.4) is 0 Å². The summed E-state index contributed by atoms with van der Waals surface area (Å²) in [6, 6.07) is 0.149. The second-order valence-electron chi connectivity index (χ2n) is 4.02. The Morgan fingerprint density at radius 1 is 1.54 bits per heavy atom. The molecule has 0 fully saturated rings. The molecule has 0 aliphatic carbocycles. The highest BCUT2D eigenvalue weighted by molar-refractivity contribution is 9.09. The maximum atomic E-state index is 11.2. The van der Waals surface area contributed by atoms with Crippen molar-refractivity contribution in [2.45, 2.75) is 39.3 Å². The van der Waals surface area contributed by atoms with Crippen LogP contribution in [-0.4, -0.2) is 29.5 Å². The number of alkyl halides is 1. The number of hydrogen-bond donors (Lipinski definition) is 1. The van der Waals surface area contributed by atoms with Gasteiger partial charge in [0.25, 0.3) is 0 Å². The van der Waals surface area contributed by atoms with E-state index in [1.165, 1.54) is 0 Å². The second-order valence-corrected chi connectivity index (χ2v) is 4.67. The molecule has 0 aromatic rings. The summed E-state index contributed by atoms with van der Waals surface area (Å²) >= 11 is 3.28. The van der Waals surface area contributed by atoms with Gasteiger partial charge < -0.3 is 10.1 Å². The summed E-state index contributed by atoms with van der Waals surface area (Å²) in [4.78, 5) is 11.2. The van der Waals surface area contributed by atoms with Gasteiger partial charge >= 0.3 is 0 Å². The van der Waals surface area contributed by atoms with Crippen LogP contribution >= 0.6 is 15.9 Å². The number of halogens is 1. The van der Waals surface area contributed by atoms with Crippen molar-refractivity contribution in [3.05, 3.63) is 0 Å². The van der Waals surface area contributed by atoms with E-state index in [2.05, 4.69) is 21.2 Å². The normalized spacial score (nSPS) is 13.9. The van der Waals surface area contributed by atoms with Crippen molar-refractivity contribution in [2.75, 3.05) is 11.9 Å². The summed E-state index contributed by atoms with van der Waals surface area (Å²) in [5, 5.41) is 3.55. The lowest BCUT2D eigenvalue weighted by molar-refractivity contribution is -0.131. The summed E-state index contributed by atoms with van der Waals surface area (Å²) in [7, 11) is 0. The van der Waals surface area contributed by atoms with Gasteiger partial charge in [-0.15, -0.1) is 0 Å². The van der Waals surface area contributed by atoms with Crippen molar-refractivity contribution >= 4 is 21.8 Å². The lowest BCUT2D eigenvalue weighted by atomic mass is 10.2. The smallest absolute Gasteiger partial charge is 0.246 e. The summed E-state index contributed by atoms with van der Waals surface area (Å²) in [5.74, 6) is -0.0677. The second kappa shape index (κ2) is 5.60. The molecule has 4 heteroatoms. The van der Waals surface area contributed by atoms with Crippen LogP contribution in [0.1, 0.15) is 27.7 Å². The fourth-order valence-corrected chi connectivity index (χ4v) is 0.799. The minimum atomic E-state index is -0.255. The van der Waals surface area contributed by atoms with Crippen molar-refractivity contribution in [3.8, 4) is 0 Å². The maximum Gasteiger partial charge on any atom is 0.246 e. The van der Waals surface area contributed by atoms with Gasteiger partial charge in [-0.3, -0.25) is 4.79 Å². The zero-order valence-electron chi connectivity index (χ0n) is 8.69. The molecule has 0 saturated heterocycles. The third-order valence-corrected chi connectivity index (χ3v) is 2.25. The lowest BCUT2D eigenvalue weighted by Gasteiger charge is -2.19. The van der Waals surface area contributed by atoms with E-state index in [4.69, 9.17) is 4.74 Å². The van der Waals surface area contributed by atoms with Crippen LogP contribution in [-0.2, 0) is 9.53 Å². The van der Waals surface area contributed by atoms with Gasteiger partial charge in [0.15, 0.2) is 0 Å². The van der Waals surface area contributed by atoms with Gasteiger partial charge in [-0.05, 0) is 27.7 Å². The molecule has 1 N–H and O–H groups in total. The minimum Gasteiger partial charge on any atom is -0.366 e. The summed E-state index contributed by atoms with van der Waals surface area (Å²) in [6.45, 7) is 7.83. The minimum absolute atomic E-state index is 0.0677. The zero-order chi connectivity index (χ0) is 10.5. The highest BCUT2D eigenvalue weighted by atomic mass is 79.9. The molecule has 1 atom stereocenters. The van der Waals surface area contributed by atoms with E-state index in [0.717, 1.165) is 5.33 Å². The predicted octanol–water partition coefficient (Wildman–Crippen LogP) is 1.70. The van der Waals surface area contributed by atoms with Gasteiger partial charge in [0, 0.05) is 11.4 Å². The van der Waals surface area contributed by atoms with E-state index in [-0.39, 0.29) is 24.2 Å². The van der Waals surface area contributed by atoms with Crippen molar-refractivity contribution in [3.63, 3.8) is 0 Å². The summed E-state index contributed by atoms with van der Waals surface area (Å²) in [6.07, 6.45) is 0. The third-order valence-electron chi connectivity index (χ3n) is 1.28. The SMILES string of the molecule is CC(CBr)NC(=O)COC(C)(C)C. The standard InChI is InChI=1S/C9H18BrNO2/c1-7(5-10)11-8(12)6-13-9(2,3)4/h7H,5-6H2,1-4H3,(H,11,12). The molecule has 0 saturated carbocycles. The predicted molar refractivity (Wildman–Crippen MR) is 57.1 cm³/mol. The van der Waals surface area contributed by atoms with Gasteiger partial charge in [-0.2, -0.15) is 0 Å². The first kappa shape index (κ1) is 12.9. The molecular formula is C9H18BrNO2. The van der Waals surface area contributed by atoms with E-state index >= 15 is 0 Å². The molecule has 0 aromatic heterocycles. The van der Waals surface area contributed by atoms with E-state index in [0.29, 0.717) is 0 Å². The van der Waals surface area contributed by atoms with Crippen molar-refractivity contribution in [2.24, 2.45) is 0 Å². The number of carbonyl (C=O) groups excluding carboxylic acids is 1. The molecular weight excluding hydrogens is 234 g/mol. The summed E-state index contributed by atoms with van der Waals surface area (Å²) < 4.78 is 5.31. The molecule has 1 unspecified atom stereocenters. The highest BCUT2D eigenvalue weighted by Gasteiger charge is 2.13. The van der Waals surface area contributed by atoms with Crippen molar-refractivity contribution in [1.29, 1.82) is 0 Å².